The van der Waals surface area contributed by atoms with E-state index in [1.165, 1.54) is 39.0 Å². The zero-order valence-electron chi connectivity index (χ0n) is 19.3. The van der Waals surface area contributed by atoms with Crippen molar-refractivity contribution in [3.63, 3.8) is 0 Å². The van der Waals surface area contributed by atoms with Crippen LogP contribution in [0.15, 0.2) is 130 Å². The fourth-order valence-corrected chi connectivity index (χ4v) is 5.28. The Morgan fingerprint density at radius 1 is 0.730 bits per heavy atom. The van der Waals surface area contributed by atoms with Gasteiger partial charge >= 0.3 is 21.3 Å². The van der Waals surface area contributed by atoms with Crippen molar-refractivity contribution in [3.05, 3.63) is 121 Å². The summed E-state index contributed by atoms with van der Waals surface area (Å²) in [5.41, 5.74) is -0.00126. The number of alkyl halides is 2. The third-order valence-electron chi connectivity index (χ3n) is 4.79. The molecule has 0 atom stereocenters. The second-order valence-corrected chi connectivity index (χ2v) is 11.1. The number of hydrogen-bond acceptors (Lipinski definition) is 5. The summed E-state index contributed by atoms with van der Waals surface area (Å²) in [7, 11) is -5.72. The number of benzene rings is 4. The number of phenolic OH excluding ortho intramolecular Hbond substituents is 1. The summed E-state index contributed by atoms with van der Waals surface area (Å²) in [6, 6.07) is 35.7. The molecule has 4 aromatic carbocycles. The maximum Gasteiger partial charge on any atom is 0.402 e. The van der Waals surface area contributed by atoms with Crippen molar-refractivity contribution >= 4 is 27.0 Å². The molecule has 0 fully saturated rings. The number of esters is 1. The first-order valence-corrected chi connectivity index (χ1v) is 13.5. The molecule has 0 amide bonds. The van der Waals surface area contributed by atoms with Crippen molar-refractivity contribution < 1.29 is 36.4 Å². The Hall–Kier alpha value is -3.73. The van der Waals surface area contributed by atoms with E-state index >= 15 is 0 Å². The molecule has 37 heavy (non-hydrogen) atoms. The first-order chi connectivity index (χ1) is 17.6. The highest BCUT2D eigenvalue weighted by Gasteiger charge is 2.45. The van der Waals surface area contributed by atoms with Gasteiger partial charge in [-0.05, 0) is 60.7 Å². The zero-order chi connectivity index (χ0) is 26.9. The van der Waals surface area contributed by atoms with E-state index in [1.807, 2.05) is 24.3 Å². The fourth-order valence-electron chi connectivity index (χ4n) is 2.99. The molecule has 0 aliphatic rings. The number of phenols is 1. The van der Waals surface area contributed by atoms with Crippen LogP contribution in [0.25, 0.3) is 0 Å². The van der Waals surface area contributed by atoms with Crippen LogP contribution in [0, 0.1) is 0 Å². The molecular formula is C27H23F2O6S2+. The summed E-state index contributed by atoms with van der Waals surface area (Å²) < 4.78 is 58.1. The van der Waals surface area contributed by atoms with Crippen LogP contribution in [0.3, 0.4) is 0 Å². The Labute approximate surface area is 216 Å². The normalized spacial score (nSPS) is 11.4. The van der Waals surface area contributed by atoms with Gasteiger partial charge in [-0.15, -0.1) is 0 Å². The van der Waals surface area contributed by atoms with E-state index in [0.29, 0.717) is 5.75 Å². The number of aromatic hydroxyl groups is 1. The maximum absolute atomic E-state index is 12.7. The summed E-state index contributed by atoms with van der Waals surface area (Å²) in [4.78, 5) is 15.0. The molecule has 0 aliphatic heterocycles. The molecular weight excluding hydrogens is 522 g/mol. The number of ether oxygens (including phenoxy) is 1. The molecule has 0 aliphatic carbocycles. The monoisotopic (exact) mass is 545 g/mol. The van der Waals surface area contributed by atoms with Crippen LogP contribution in [0.5, 0.6) is 5.75 Å². The molecule has 0 unspecified atom stereocenters. The predicted octanol–water partition coefficient (Wildman–Crippen LogP) is 5.81. The lowest BCUT2D eigenvalue weighted by Crippen LogP contribution is -2.34. The fraction of sp³-hybridized carbons (Fsp3) is 0.0741. The maximum atomic E-state index is 12.7. The van der Waals surface area contributed by atoms with Gasteiger partial charge in [-0.25, -0.2) is 4.79 Å². The van der Waals surface area contributed by atoms with E-state index < -0.39 is 27.9 Å². The number of carbonyl (C=O) groups excluding carboxylic acids is 1. The first-order valence-electron chi connectivity index (χ1n) is 10.8. The van der Waals surface area contributed by atoms with E-state index in [9.17, 15) is 27.1 Å². The molecule has 0 heterocycles. The molecule has 10 heteroatoms. The van der Waals surface area contributed by atoms with Gasteiger partial charge in [0, 0.05) is 0 Å². The van der Waals surface area contributed by atoms with Gasteiger partial charge in [0.25, 0.3) is 0 Å². The SMILES string of the molecule is O=C(OCC(F)(F)S(=O)(=O)O)c1ccccc1.Oc1ccc([S+](c2ccccc2)c2ccccc2)cc1. The zero-order valence-corrected chi connectivity index (χ0v) is 20.9. The minimum atomic E-state index is -5.59. The first kappa shape index (κ1) is 27.9. The van der Waals surface area contributed by atoms with E-state index in [-0.39, 0.29) is 16.5 Å². The summed E-state index contributed by atoms with van der Waals surface area (Å²) in [6.45, 7) is -1.74. The number of carbonyl (C=O) groups is 1. The van der Waals surface area contributed by atoms with Gasteiger partial charge in [-0.3, -0.25) is 4.55 Å². The lowest BCUT2D eigenvalue weighted by molar-refractivity contribution is -0.00950. The summed E-state index contributed by atoms with van der Waals surface area (Å²) in [5.74, 6) is -0.799. The molecule has 4 rings (SSSR count). The molecule has 4 aromatic rings. The largest absolute Gasteiger partial charge is 0.508 e. The van der Waals surface area contributed by atoms with Crippen molar-refractivity contribution in [2.24, 2.45) is 0 Å². The minimum absolute atomic E-state index is 0.00126. The molecule has 192 valence electrons. The third-order valence-corrected chi connectivity index (χ3v) is 7.89. The van der Waals surface area contributed by atoms with Gasteiger partial charge in [0.05, 0.1) is 16.5 Å². The van der Waals surface area contributed by atoms with Crippen LogP contribution in [0.4, 0.5) is 8.78 Å². The average molecular weight is 546 g/mol. The molecule has 0 spiro atoms. The third kappa shape index (κ3) is 7.88. The van der Waals surface area contributed by atoms with E-state index in [0.717, 1.165) is 0 Å². The van der Waals surface area contributed by atoms with Gasteiger partial charge in [0.1, 0.15) is 5.75 Å². The summed E-state index contributed by atoms with van der Waals surface area (Å²) in [6.07, 6.45) is 0. The Morgan fingerprint density at radius 2 is 1.14 bits per heavy atom. The Kier molecular flexibility index (Phi) is 9.40. The molecule has 0 saturated heterocycles. The second kappa shape index (κ2) is 12.5. The van der Waals surface area contributed by atoms with Crippen LogP contribution in [-0.2, 0) is 25.7 Å². The summed E-state index contributed by atoms with van der Waals surface area (Å²) in [5, 5.41) is 4.97. The van der Waals surface area contributed by atoms with Crippen molar-refractivity contribution in [2.75, 3.05) is 6.61 Å². The van der Waals surface area contributed by atoms with Crippen molar-refractivity contribution in [2.45, 2.75) is 19.9 Å². The van der Waals surface area contributed by atoms with E-state index in [2.05, 4.69) is 53.3 Å². The number of rotatable bonds is 7. The van der Waals surface area contributed by atoms with Crippen molar-refractivity contribution in [1.82, 2.24) is 0 Å². The Morgan fingerprint density at radius 3 is 1.57 bits per heavy atom. The van der Waals surface area contributed by atoms with Crippen LogP contribution in [0.2, 0.25) is 0 Å². The van der Waals surface area contributed by atoms with Crippen molar-refractivity contribution in [3.8, 4) is 5.75 Å². The van der Waals surface area contributed by atoms with E-state index in [4.69, 9.17) is 4.55 Å². The lowest BCUT2D eigenvalue weighted by atomic mass is 10.2. The highest BCUT2D eigenvalue weighted by atomic mass is 32.2. The van der Waals surface area contributed by atoms with Gasteiger partial charge in [-0.2, -0.15) is 17.2 Å². The van der Waals surface area contributed by atoms with Crippen LogP contribution in [-0.4, -0.2) is 35.9 Å². The van der Waals surface area contributed by atoms with Crippen LogP contribution in [0.1, 0.15) is 10.4 Å². The average Bonchev–Trinajstić information content (AvgIpc) is 2.90. The standard InChI is InChI=1S/C18H14OS.C9H8F2O5S/c19-15-11-13-18(14-12-15)20(16-7-3-1-4-8-16)17-9-5-2-6-10-17;10-9(11,17(13,14)15)6-16-8(12)7-4-2-1-3-5-7/h1-14H;1-5H,6H2,(H,13,14,15)/p+1. The number of hydrogen-bond donors (Lipinski definition) is 2. The lowest BCUT2D eigenvalue weighted by Gasteiger charge is -2.12. The highest BCUT2D eigenvalue weighted by Crippen LogP contribution is 2.31. The molecule has 0 bridgehead atoms. The molecule has 0 aromatic heterocycles. The van der Waals surface area contributed by atoms with Gasteiger partial charge in [-0.1, -0.05) is 54.6 Å². The van der Waals surface area contributed by atoms with Crippen LogP contribution < -0.4 is 0 Å². The molecule has 6 nitrogen and oxygen atoms in total. The second-order valence-electron chi connectivity index (χ2n) is 7.48. The van der Waals surface area contributed by atoms with Crippen molar-refractivity contribution in [1.29, 1.82) is 0 Å². The minimum Gasteiger partial charge on any atom is -0.508 e. The summed E-state index contributed by atoms with van der Waals surface area (Å²) >= 11 is 0. The van der Waals surface area contributed by atoms with Gasteiger partial charge in [0.15, 0.2) is 21.3 Å². The van der Waals surface area contributed by atoms with Crippen LogP contribution >= 0.6 is 0 Å². The van der Waals surface area contributed by atoms with Gasteiger partial charge < -0.3 is 9.84 Å². The van der Waals surface area contributed by atoms with E-state index in [1.54, 1.807) is 18.2 Å². The molecule has 0 saturated carbocycles. The predicted molar refractivity (Wildman–Crippen MR) is 136 cm³/mol. The number of halogens is 2. The Balaban J connectivity index is 0.000000209. The molecule has 0 radical (unpaired) electrons. The smallest absolute Gasteiger partial charge is 0.402 e. The topological polar surface area (TPSA) is 101 Å². The highest BCUT2D eigenvalue weighted by molar-refractivity contribution is 7.97. The Bertz CT molecular complexity index is 1340. The quantitative estimate of drug-likeness (QED) is 0.173. The molecule has 2 N–H and O–H groups in total. The van der Waals surface area contributed by atoms with Gasteiger partial charge in [0.2, 0.25) is 0 Å².